The van der Waals surface area contributed by atoms with Gasteiger partial charge in [0, 0.05) is 0 Å². The summed E-state index contributed by atoms with van der Waals surface area (Å²) in [5.41, 5.74) is 15.8. The summed E-state index contributed by atoms with van der Waals surface area (Å²) in [6.45, 7) is 3.20. The lowest BCUT2D eigenvalue weighted by Crippen LogP contribution is -2.34. The summed E-state index contributed by atoms with van der Waals surface area (Å²) in [7, 11) is 0. The molecule has 9 nitrogen and oxygen atoms in total. The van der Waals surface area contributed by atoms with Crippen LogP contribution in [0.15, 0.2) is 0 Å². The van der Waals surface area contributed by atoms with Gasteiger partial charge in [0.2, 0.25) is 0 Å². The Hall–Kier alpha value is -1.71. The van der Waals surface area contributed by atoms with Crippen LogP contribution in [-0.2, 0) is 19.1 Å². The van der Waals surface area contributed by atoms with Gasteiger partial charge in [-0.2, -0.15) is 0 Å². The molecule has 0 radical (unpaired) electrons. The highest BCUT2D eigenvalue weighted by molar-refractivity contribution is 5.81. The summed E-state index contributed by atoms with van der Waals surface area (Å²) in [4.78, 5) is 32.0. The predicted octanol–water partition coefficient (Wildman–Crippen LogP) is 4.34. The molecule has 0 saturated heterocycles. The molecule has 0 aliphatic rings. The van der Waals surface area contributed by atoms with Crippen LogP contribution in [0.5, 0.6) is 0 Å². The number of hydrogen-bond donors (Lipinski definition) is 5. The molecule has 0 aliphatic carbocycles. The quantitative estimate of drug-likeness (QED) is 0.100. The van der Waals surface area contributed by atoms with Crippen LogP contribution < -0.4 is 17.2 Å². The van der Waals surface area contributed by atoms with Gasteiger partial charge in [-0.15, -0.1) is 0 Å². The van der Waals surface area contributed by atoms with Crippen LogP contribution in [0.25, 0.3) is 0 Å². The van der Waals surface area contributed by atoms with Crippen molar-refractivity contribution in [2.45, 2.75) is 135 Å². The number of rotatable bonds is 23. The van der Waals surface area contributed by atoms with Crippen molar-refractivity contribution in [2.24, 2.45) is 17.2 Å². The van der Waals surface area contributed by atoms with Crippen molar-refractivity contribution in [2.75, 3.05) is 13.2 Å². The lowest BCUT2D eigenvalue weighted by molar-refractivity contribution is -0.149. The fourth-order valence-corrected chi connectivity index (χ4v) is 3.48. The van der Waals surface area contributed by atoms with Crippen LogP contribution in [0, 0.1) is 0 Å². The first-order valence-corrected chi connectivity index (χ1v) is 13.6. The number of nitrogens with two attached hydrogens (primary N) is 3. The minimum absolute atomic E-state index is 0.337. The van der Waals surface area contributed by atoms with Crippen molar-refractivity contribution in [3.8, 4) is 0 Å². The molecule has 0 aliphatic heterocycles. The molecule has 0 bridgehead atoms. The zero-order valence-electron chi connectivity index (χ0n) is 22.1. The number of aliphatic carboxylic acids is 2. The van der Waals surface area contributed by atoms with Gasteiger partial charge in [-0.1, -0.05) is 96.8 Å². The number of carboxylic acid groups (broad SMARTS) is 2. The second-order valence-corrected chi connectivity index (χ2v) is 9.20. The van der Waals surface area contributed by atoms with Crippen LogP contribution in [0.3, 0.4) is 0 Å². The Kier molecular flexibility index (Phi) is 27.2. The van der Waals surface area contributed by atoms with E-state index in [0.29, 0.717) is 19.6 Å². The smallest absolute Gasteiger partial charge is 0.323 e. The van der Waals surface area contributed by atoms with Gasteiger partial charge in [0.05, 0.1) is 13.0 Å². The average molecular weight is 504 g/mol. The maximum Gasteiger partial charge on any atom is 0.323 e. The van der Waals surface area contributed by atoms with Crippen molar-refractivity contribution in [3.63, 3.8) is 0 Å². The van der Waals surface area contributed by atoms with Gasteiger partial charge in [0.25, 0.3) is 0 Å². The fraction of sp³-hybridized carbons (Fsp3) is 0.885. The Bertz CT molecular complexity index is 519. The molecule has 0 saturated carbocycles. The molecular formula is C26H53N3O6. The molecule has 8 N–H and O–H groups in total. The van der Waals surface area contributed by atoms with E-state index in [9.17, 15) is 14.4 Å². The predicted molar refractivity (Wildman–Crippen MR) is 140 cm³/mol. The Morgan fingerprint density at radius 2 is 1.14 bits per heavy atom. The average Bonchev–Trinajstić information content (AvgIpc) is 2.81. The van der Waals surface area contributed by atoms with Crippen molar-refractivity contribution in [3.05, 3.63) is 0 Å². The van der Waals surface area contributed by atoms with E-state index in [1.807, 2.05) is 0 Å². The maximum atomic E-state index is 11.4. The van der Waals surface area contributed by atoms with Crippen LogP contribution >= 0.6 is 0 Å². The van der Waals surface area contributed by atoms with Gasteiger partial charge >= 0.3 is 17.9 Å². The molecule has 0 rings (SSSR count). The van der Waals surface area contributed by atoms with E-state index in [4.69, 9.17) is 32.2 Å². The van der Waals surface area contributed by atoms with Crippen LogP contribution in [-0.4, -0.2) is 53.4 Å². The minimum Gasteiger partial charge on any atom is -0.481 e. The summed E-state index contributed by atoms with van der Waals surface area (Å²) in [6.07, 6.45) is 19.7. The zero-order valence-corrected chi connectivity index (χ0v) is 22.1. The molecule has 0 fully saturated rings. The van der Waals surface area contributed by atoms with Crippen LogP contribution in [0.4, 0.5) is 0 Å². The van der Waals surface area contributed by atoms with E-state index in [0.717, 1.165) is 32.1 Å². The van der Waals surface area contributed by atoms with Gasteiger partial charge in [-0.25, -0.2) is 0 Å². The fourth-order valence-electron chi connectivity index (χ4n) is 3.48. The third-order valence-electron chi connectivity index (χ3n) is 5.73. The Morgan fingerprint density at radius 1 is 0.686 bits per heavy atom. The lowest BCUT2D eigenvalue weighted by Gasteiger charge is -2.09. The molecule has 0 heterocycles. The summed E-state index contributed by atoms with van der Waals surface area (Å²) >= 11 is 0. The van der Waals surface area contributed by atoms with E-state index in [2.05, 4.69) is 6.92 Å². The summed E-state index contributed by atoms with van der Waals surface area (Å²) < 4.78 is 4.98. The first-order valence-electron chi connectivity index (χ1n) is 13.6. The number of hydrogen-bond acceptors (Lipinski definition) is 7. The summed E-state index contributed by atoms with van der Waals surface area (Å²) in [5, 5.41) is 16.9. The van der Waals surface area contributed by atoms with E-state index in [-0.39, 0.29) is 6.42 Å². The number of carbonyl (C=O) groups excluding carboxylic acids is 1. The Labute approximate surface area is 212 Å². The number of esters is 1. The first-order chi connectivity index (χ1) is 16.8. The SMILES string of the molecule is CCCCCCCCCCCCCCCCOC(=O)C(N)CC(=O)O.NCCCCC(N)C(=O)O. The molecule has 208 valence electrons. The van der Waals surface area contributed by atoms with E-state index < -0.39 is 30.0 Å². The van der Waals surface area contributed by atoms with Crippen molar-refractivity contribution in [1.82, 2.24) is 0 Å². The topological polar surface area (TPSA) is 179 Å². The molecule has 0 spiro atoms. The molecule has 9 heteroatoms. The molecule has 2 unspecified atom stereocenters. The largest absolute Gasteiger partial charge is 0.481 e. The normalized spacial score (nSPS) is 12.3. The highest BCUT2D eigenvalue weighted by Gasteiger charge is 2.18. The number of carboxylic acids is 2. The van der Waals surface area contributed by atoms with Crippen LogP contribution in [0.1, 0.15) is 122 Å². The van der Waals surface area contributed by atoms with E-state index in [1.54, 1.807) is 0 Å². The lowest BCUT2D eigenvalue weighted by atomic mass is 10.0. The number of carbonyl (C=O) groups is 3. The van der Waals surface area contributed by atoms with Gasteiger partial charge in [-0.05, 0) is 25.8 Å². The van der Waals surface area contributed by atoms with Gasteiger partial charge in [-0.3, -0.25) is 14.4 Å². The highest BCUT2D eigenvalue weighted by Crippen LogP contribution is 2.13. The summed E-state index contributed by atoms with van der Waals surface area (Å²) in [5.74, 6) is -2.63. The molecule has 0 aromatic heterocycles. The molecular weight excluding hydrogens is 450 g/mol. The molecule has 0 aromatic carbocycles. The van der Waals surface area contributed by atoms with Crippen molar-refractivity contribution in [1.29, 1.82) is 0 Å². The number of unbranched alkanes of at least 4 members (excludes halogenated alkanes) is 14. The van der Waals surface area contributed by atoms with Crippen molar-refractivity contribution >= 4 is 17.9 Å². The highest BCUT2D eigenvalue weighted by atomic mass is 16.5. The van der Waals surface area contributed by atoms with E-state index in [1.165, 1.54) is 70.6 Å². The second kappa shape index (κ2) is 26.9. The maximum absolute atomic E-state index is 11.4. The minimum atomic E-state index is -1.08. The third-order valence-corrected chi connectivity index (χ3v) is 5.73. The zero-order chi connectivity index (χ0) is 26.7. The van der Waals surface area contributed by atoms with Crippen LogP contribution in [0.2, 0.25) is 0 Å². The van der Waals surface area contributed by atoms with Gasteiger partial charge < -0.3 is 32.2 Å². The molecule has 0 aromatic rings. The molecule has 0 amide bonds. The van der Waals surface area contributed by atoms with Gasteiger partial charge in [0.1, 0.15) is 12.1 Å². The number of ether oxygens (including phenoxy) is 1. The summed E-state index contributed by atoms with van der Waals surface area (Å²) in [6, 6.07) is -1.77. The first kappa shape index (κ1) is 35.5. The van der Waals surface area contributed by atoms with E-state index >= 15 is 0 Å². The molecule has 2 atom stereocenters. The second-order valence-electron chi connectivity index (χ2n) is 9.20. The standard InChI is InChI=1S/C20H39NO4.C6H14N2O2/c1-2-3-4-5-6-7-8-9-10-11-12-13-14-15-16-25-20(24)18(21)17-19(22)23;7-4-2-1-3-5(8)6(9)10/h18H,2-17,21H2,1H3,(H,22,23);5H,1-4,7-8H2,(H,9,10). The Balaban J connectivity index is 0. The molecule has 35 heavy (non-hydrogen) atoms. The third kappa shape index (κ3) is 28.4. The Morgan fingerprint density at radius 3 is 1.54 bits per heavy atom. The van der Waals surface area contributed by atoms with Gasteiger partial charge in [0.15, 0.2) is 0 Å². The monoisotopic (exact) mass is 503 g/mol. The van der Waals surface area contributed by atoms with Crippen molar-refractivity contribution < 1.29 is 29.3 Å².